The van der Waals surface area contributed by atoms with Crippen molar-refractivity contribution in [3.63, 3.8) is 0 Å². The molecular weight excluding hydrogens is 293 g/mol. The highest BCUT2D eigenvalue weighted by molar-refractivity contribution is 6.41. The fourth-order valence-electron chi connectivity index (χ4n) is 3.40. The molecule has 0 saturated carbocycles. The maximum Gasteiger partial charge on any atom is 0.156 e. The number of ether oxygens (including phenoxy) is 2. The molecule has 5 radical (unpaired) electrons. The van der Waals surface area contributed by atoms with Gasteiger partial charge in [-0.25, -0.2) is 0 Å². The third-order valence-corrected chi connectivity index (χ3v) is 4.43. The fraction of sp³-hybridized carbons (Fsp3) is 1.00. The zero-order valence-electron chi connectivity index (χ0n) is 18.0. The number of hydrogen-bond acceptors (Lipinski definition) is 2. The molecule has 24 heavy (non-hydrogen) atoms. The largest absolute Gasteiger partial charge is 0.385 e. The Balaban J connectivity index is 4.98. The van der Waals surface area contributed by atoms with Crippen molar-refractivity contribution in [2.45, 2.75) is 110 Å². The van der Waals surface area contributed by atoms with Gasteiger partial charge >= 0.3 is 0 Å². The molecule has 0 aromatic rings. The Bertz CT molecular complexity index is 394. The molecule has 0 fully saturated rings. The maximum atomic E-state index is 6.68. The second-order valence-corrected chi connectivity index (χ2v) is 10.2. The van der Waals surface area contributed by atoms with Gasteiger partial charge in [0.25, 0.3) is 0 Å². The average molecular weight is 331 g/mol. The van der Waals surface area contributed by atoms with Gasteiger partial charge < -0.3 is 9.47 Å². The van der Waals surface area contributed by atoms with Gasteiger partial charge in [0.05, 0.1) is 13.4 Å². The highest BCUT2D eigenvalue weighted by atomic mass is 16.5. The minimum atomic E-state index is -0.671. The predicted molar refractivity (Wildman–Crippen MR) is 108 cm³/mol. The van der Waals surface area contributed by atoms with Crippen molar-refractivity contribution >= 4 is 23.0 Å². The molecule has 0 aliphatic carbocycles. The average Bonchev–Trinajstić information content (AvgIpc) is 2.19. The van der Waals surface area contributed by atoms with Crippen LogP contribution in [0.2, 0.25) is 11.1 Å². The van der Waals surface area contributed by atoms with Crippen LogP contribution in [0.3, 0.4) is 0 Å². The second kappa shape index (κ2) is 7.78. The highest BCUT2D eigenvalue weighted by Gasteiger charge is 2.42. The van der Waals surface area contributed by atoms with Gasteiger partial charge in [-0.1, -0.05) is 40.4 Å². The second-order valence-electron chi connectivity index (χ2n) is 10.2. The van der Waals surface area contributed by atoms with Gasteiger partial charge in [-0.05, 0) is 58.7 Å². The van der Waals surface area contributed by atoms with E-state index in [1.54, 1.807) is 0 Å². The van der Waals surface area contributed by atoms with Crippen LogP contribution in [0.4, 0.5) is 0 Å². The SMILES string of the molecule is [B]C(C)(C)OC(C)(C)CC(C)(C)C([B])(C)COC(C)(C)[B]C(C)C. The van der Waals surface area contributed by atoms with Gasteiger partial charge in [-0.3, -0.25) is 0 Å². The van der Waals surface area contributed by atoms with Crippen molar-refractivity contribution in [1.82, 2.24) is 0 Å². The first-order valence-corrected chi connectivity index (χ1v) is 9.07. The monoisotopic (exact) mass is 331 g/mol. The fourth-order valence-corrected chi connectivity index (χ4v) is 3.40. The minimum Gasteiger partial charge on any atom is -0.385 e. The summed E-state index contributed by atoms with van der Waals surface area (Å²) < 4.78 is 12.2. The topological polar surface area (TPSA) is 18.5 Å². The molecule has 0 amide bonds. The molecular formula is C19H38B3O2. The van der Waals surface area contributed by atoms with E-state index in [0.29, 0.717) is 12.4 Å². The summed E-state index contributed by atoms with van der Waals surface area (Å²) in [6.45, 7) is 23.2. The van der Waals surface area contributed by atoms with Crippen LogP contribution >= 0.6 is 0 Å². The standard InChI is InChI=1S/C19H38B3O2/c1-14(2)22-18(9,10)23-13-19(11,21)15(3,4)12-16(5,6)24-17(7,8)20/h14H,12-13H2,1-11H3. The summed E-state index contributed by atoms with van der Waals surface area (Å²) in [5.41, 5.74) is -1.52. The van der Waals surface area contributed by atoms with Gasteiger partial charge in [-0.15, -0.1) is 0 Å². The van der Waals surface area contributed by atoms with Crippen LogP contribution in [0, 0.1) is 5.41 Å². The molecule has 2 nitrogen and oxygen atoms in total. The molecule has 0 bridgehead atoms. The third kappa shape index (κ3) is 8.99. The Kier molecular flexibility index (Phi) is 7.82. The van der Waals surface area contributed by atoms with E-state index in [2.05, 4.69) is 69.6 Å². The van der Waals surface area contributed by atoms with Gasteiger partial charge in [0.1, 0.15) is 7.85 Å². The summed E-state index contributed by atoms with van der Waals surface area (Å²) in [5.74, 6) is 0.469. The van der Waals surface area contributed by atoms with Crippen LogP contribution in [0.1, 0.15) is 82.6 Å². The number of hydrogen-bond donors (Lipinski definition) is 0. The Morgan fingerprint density at radius 3 is 1.71 bits per heavy atom. The van der Waals surface area contributed by atoms with Gasteiger partial charge in [0.2, 0.25) is 0 Å². The normalized spacial score (nSPS) is 17.0. The van der Waals surface area contributed by atoms with Crippen LogP contribution in [-0.4, -0.2) is 46.2 Å². The minimum absolute atomic E-state index is 0.185. The molecule has 1 atom stereocenters. The molecule has 0 spiro atoms. The van der Waals surface area contributed by atoms with Crippen LogP contribution in [0.15, 0.2) is 0 Å². The summed E-state index contributed by atoms with van der Waals surface area (Å²) >= 11 is 0. The number of rotatable bonds is 10. The Morgan fingerprint density at radius 1 is 0.875 bits per heavy atom. The first-order valence-electron chi connectivity index (χ1n) is 9.07. The Morgan fingerprint density at radius 2 is 1.33 bits per heavy atom. The lowest BCUT2D eigenvalue weighted by Crippen LogP contribution is -2.45. The summed E-state index contributed by atoms with van der Waals surface area (Å²) in [6.07, 6.45) is 0.783. The molecule has 0 aliphatic heterocycles. The van der Waals surface area contributed by atoms with Crippen LogP contribution in [0.25, 0.3) is 0 Å². The van der Waals surface area contributed by atoms with Gasteiger partial charge in [0, 0.05) is 17.6 Å². The molecule has 1 unspecified atom stereocenters. The lowest BCUT2D eigenvalue weighted by Gasteiger charge is -2.48. The first-order chi connectivity index (χ1) is 10.3. The Labute approximate surface area is 155 Å². The van der Waals surface area contributed by atoms with Crippen LogP contribution < -0.4 is 0 Å². The summed E-state index contributed by atoms with van der Waals surface area (Å²) in [7, 11) is 14.9. The van der Waals surface area contributed by atoms with E-state index in [-0.39, 0.29) is 16.5 Å². The summed E-state index contributed by atoms with van der Waals surface area (Å²) in [6, 6.07) is 0. The summed E-state index contributed by atoms with van der Waals surface area (Å²) in [5, 5.41) is -0.492. The highest BCUT2D eigenvalue weighted by Crippen LogP contribution is 2.49. The van der Waals surface area contributed by atoms with E-state index in [1.807, 2.05) is 13.8 Å². The molecule has 0 aromatic carbocycles. The van der Waals surface area contributed by atoms with Crippen LogP contribution in [-0.2, 0) is 9.47 Å². The molecule has 0 heterocycles. The molecule has 5 heteroatoms. The van der Waals surface area contributed by atoms with E-state index < -0.39 is 10.8 Å². The van der Waals surface area contributed by atoms with Crippen molar-refractivity contribution in [2.75, 3.05) is 6.61 Å². The van der Waals surface area contributed by atoms with E-state index in [1.165, 1.54) is 0 Å². The van der Waals surface area contributed by atoms with E-state index in [9.17, 15) is 0 Å². The van der Waals surface area contributed by atoms with Crippen LogP contribution in [0.5, 0.6) is 0 Å². The molecule has 0 aliphatic rings. The lowest BCUT2D eigenvalue weighted by molar-refractivity contribution is -0.108. The zero-order valence-corrected chi connectivity index (χ0v) is 18.0. The van der Waals surface area contributed by atoms with Crippen molar-refractivity contribution in [3.8, 4) is 0 Å². The zero-order chi connectivity index (χ0) is 19.6. The van der Waals surface area contributed by atoms with E-state index in [4.69, 9.17) is 25.2 Å². The molecule has 0 N–H and O–H groups in total. The molecule has 0 aromatic heterocycles. The Hall–Kier alpha value is 0.115. The van der Waals surface area contributed by atoms with E-state index in [0.717, 1.165) is 6.42 Å². The summed E-state index contributed by atoms with van der Waals surface area (Å²) in [4.78, 5) is 0. The predicted octanol–water partition coefficient (Wildman–Crippen LogP) is 4.73. The van der Waals surface area contributed by atoms with Gasteiger partial charge in [-0.2, -0.15) is 0 Å². The molecule has 0 rings (SSSR count). The van der Waals surface area contributed by atoms with Crippen molar-refractivity contribution in [3.05, 3.63) is 0 Å². The van der Waals surface area contributed by atoms with E-state index >= 15 is 0 Å². The lowest BCUT2D eigenvalue weighted by atomic mass is 9.51. The quantitative estimate of drug-likeness (QED) is 0.539. The third-order valence-electron chi connectivity index (χ3n) is 4.43. The van der Waals surface area contributed by atoms with Gasteiger partial charge in [0.15, 0.2) is 7.28 Å². The molecule has 0 saturated heterocycles. The van der Waals surface area contributed by atoms with Crippen molar-refractivity contribution < 1.29 is 9.47 Å². The van der Waals surface area contributed by atoms with Crippen molar-refractivity contribution in [2.24, 2.45) is 5.41 Å². The maximum absolute atomic E-state index is 6.68. The van der Waals surface area contributed by atoms with Crippen molar-refractivity contribution in [1.29, 1.82) is 0 Å². The smallest absolute Gasteiger partial charge is 0.156 e. The first kappa shape index (κ1) is 24.1. The molecule has 135 valence electrons.